The van der Waals surface area contributed by atoms with Crippen molar-refractivity contribution >= 4 is 0 Å². The molecular weight excluding hydrogens is 214 g/mol. The number of pyridine rings is 1. The molecule has 1 aliphatic rings. The van der Waals surface area contributed by atoms with Gasteiger partial charge in [0.05, 0.1) is 12.7 Å². The fourth-order valence-electron chi connectivity index (χ4n) is 2.11. The van der Waals surface area contributed by atoms with E-state index in [1.165, 1.54) is 0 Å². The highest BCUT2D eigenvalue weighted by molar-refractivity contribution is 5.24. The SMILES string of the molecule is CNCC1CC(OCc2ccnc(C#N)c2)C1. The summed E-state index contributed by atoms with van der Waals surface area (Å²) < 4.78 is 5.78. The normalized spacial score (nSPS) is 22.8. The largest absolute Gasteiger partial charge is 0.374 e. The summed E-state index contributed by atoms with van der Waals surface area (Å²) in [5, 5.41) is 11.9. The van der Waals surface area contributed by atoms with Gasteiger partial charge in [-0.3, -0.25) is 0 Å². The van der Waals surface area contributed by atoms with E-state index in [0.717, 1.165) is 30.9 Å². The lowest BCUT2D eigenvalue weighted by molar-refractivity contribution is -0.0391. The van der Waals surface area contributed by atoms with Crippen LogP contribution in [0.4, 0.5) is 0 Å². The van der Waals surface area contributed by atoms with Crippen LogP contribution in [0, 0.1) is 17.2 Å². The van der Waals surface area contributed by atoms with Gasteiger partial charge in [-0.2, -0.15) is 5.26 Å². The number of ether oxygens (including phenoxy) is 1. The first-order chi connectivity index (χ1) is 8.31. The average Bonchev–Trinajstić information content (AvgIpc) is 2.32. The van der Waals surface area contributed by atoms with Gasteiger partial charge in [-0.15, -0.1) is 0 Å². The maximum atomic E-state index is 8.73. The van der Waals surface area contributed by atoms with E-state index in [1.54, 1.807) is 12.3 Å². The Labute approximate surface area is 102 Å². The molecule has 17 heavy (non-hydrogen) atoms. The van der Waals surface area contributed by atoms with Crippen molar-refractivity contribution in [2.24, 2.45) is 5.92 Å². The molecule has 0 aromatic carbocycles. The van der Waals surface area contributed by atoms with E-state index in [4.69, 9.17) is 10.00 Å². The summed E-state index contributed by atoms with van der Waals surface area (Å²) in [7, 11) is 1.98. The highest BCUT2D eigenvalue weighted by Gasteiger charge is 2.28. The zero-order chi connectivity index (χ0) is 12.1. The predicted octanol–water partition coefficient (Wildman–Crippen LogP) is 1.47. The topological polar surface area (TPSA) is 57.9 Å². The average molecular weight is 231 g/mol. The summed E-state index contributed by atoms with van der Waals surface area (Å²) >= 11 is 0. The molecule has 1 saturated carbocycles. The first-order valence-corrected chi connectivity index (χ1v) is 5.93. The molecule has 1 aliphatic carbocycles. The van der Waals surface area contributed by atoms with Gasteiger partial charge in [0.2, 0.25) is 0 Å². The Morgan fingerprint density at radius 3 is 3.12 bits per heavy atom. The van der Waals surface area contributed by atoms with Crippen LogP contribution >= 0.6 is 0 Å². The number of hydrogen-bond donors (Lipinski definition) is 1. The van der Waals surface area contributed by atoms with Crippen molar-refractivity contribution in [1.29, 1.82) is 5.26 Å². The third-order valence-corrected chi connectivity index (χ3v) is 3.11. The summed E-state index contributed by atoms with van der Waals surface area (Å²) in [6.45, 7) is 1.65. The van der Waals surface area contributed by atoms with E-state index in [9.17, 15) is 0 Å². The van der Waals surface area contributed by atoms with Crippen molar-refractivity contribution in [3.05, 3.63) is 29.6 Å². The molecule has 1 aromatic rings. The van der Waals surface area contributed by atoms with E-state index in [2.05, 4.69) is 10.3 Å². The summed E-state index contributed by atoms with van der Waals surface area (Å²) in [6, 6.07) is 5.71. The first-order valence-electron chi connectivity index (χ1n) is 5.93. The van der Waals surface area contributed by atoms with Crippen LogP contribution in [0.1, 0.15) is 24.1 Å². The minimum atomic E-state index is 0.382. The zero-order valence-electron chi connectivity index (χ0n) is 10.0. The Morgan fingerprint density at radius 1 is 1.59 bits per heavy atom. The van der Waals surface area contributed by atoms with Gasteiger partial charge in [0.15, 0.2) is 0 Å². The van der Waals surface area contributed by atoms with Crippen LogP contribution in [0.5, 0.6) is 0 Å². The van der Waals surface area contributed by atoms with Crippen molar-refractivity contribution in [1.82, 2.24) is 10.3 Å². The molecule has 0 atom stereocenters. The van der Waals surface area contributed by atoms with Crippen molar-refractivity contribution in [3.8, 4) is 6.07 Å². The molecule has 1 N–H and O–H groups in total. The molecule has 0 radical (unpaired) electrons. The van der Waals surface area contributed by atoms with E-state index in [1.807, 2.05) is 19.2 Å². The van der Waals surface area contributed by atoms with Gasteiger partial charge in [-0.25, -0.2) is 4.98 Å². The van der Waals surface area contributed by atoms with Crippen molar-refractivity contribution in [2.45, 2.75) is 25.6 Å². The second kappa shape index (κ2) is 5.76. The molecule has 0 amide bonds. The highest BCUT2D eigenvalue weighted by Crippen LogP contribution is 2.29. The van der Waals surface area contributed by atoms with Crippen LogP contribution in [0.25, 0.3) is 0 Å². The number of nitrogens with one attached hydrogen (secondary N) is 1. The lowest BCUT2D eigenvalue weighted by Crippen LogP contribution is -2.36. The van der Waals surface area contributed by atoms with Gasteiger partial charge in [0, 0.05) is 6.20 Å². The minimum absolute atomic E-state index is 0.382. The molecule has 1 fully saturated rings. The van der Waals surface area contributed by atoms with Crippen molar-refractivity contribution < 1.29 is 4.74 Å². The molecule has 2 rings (SSSR count). The highest BCUT2D eigenvalue weighted by atomic mass is 16.5. The van der Waals surface area contributed by atoms with Gasteiger partial charge in [0.1, 0.15) is 11.8 Å². The smallest absolute Gasteiger partial charge is 0.140 e. The first kappa shape index (κ1) is 12.0. The van der Waals surface area contributed by atoms with Crippen LogP contribution in [0.3, 0.4) is 0 Å². The maximum Gasteiger partial charge on any atom is 0.140 e. The second-order valence-electron chi connectivity index (χ2n) is 4.49. The summed E-state index contributed by atoms with van der Waals surface area (Å²) in [5.41, 5.74) is 1.47. The Balaban J connectivity index is 1.74. The third kappa shape index (κ3) is 3.26. The zero-order valence-corrected chi connectivity index (χ0v) is 10.0. The van der Waals surface area contributed by atoms with Gasteiger partial charge in [-0.05, 0) is 50.0 Å². The molecular formula is C13H17N3O. The van der Waals surface area contributed by atoms with Crippen LogP contribution in [0.15, 0.2) is 18.3 Å². The van der Waals surface area contributed by atoms with E-state index >= 15 is 0 Å². The fourth-order valence-corrected chi connectivity index (χ4v) is 2.11. The monoisotopic (exact) mass is 231 g/mol. The van der Waals surface area contributed by atoms with E-state index in [-0.39, 0.29) is 0 Å². The Morgan fingerprint density at radius 2 is 2.41 bits per heavy atom. The van der Waals surface area contributed by atoms with Crippen molar-refractivity contribution in [3.63, 3.8) is 0 Å². The molecule has 0 spiro atoms. The summed E-state index contributed by atoms with van der Waals surface area (Å²) in [5.74, 6) is 0.761. The van der Waals surface area contributed by atoms with E-state index in [0.29, 0.717) is 18.4 Å². The van der Waals surface area contributed by atoms with Crippen molar-refractivity contribution in [2.75, 3.05) is 13.6 Å². The Kier molecular flexibility index (Phi) is 4.08. The summed E-state index contributed by atoms with van der Waals surface area (Å²) in [6.07, 6.45) is 4.31. The lowest BCUT2D eigenvalue weighted by atomic mass is 9.82. The number of hydrogen-bond acceptors (Lipinski definition) is 4. The number of nitrogens with zero attached hydrogens (tertiary/aromatic N) is 2. The predicted molar refractivity (Wildman–Crippen MR) is 64.2 cm³/mol. The fraction of sp³-hybridized carbons (Fsp3) is 0.538. The van der Waals surface area contributed by atoms with Crippen LogP contribution in [-0.4, -0.2) is 24.7 Å². The van der Waals surface area contributed by atoms with Gasteiger partial charge in [-0.1, -0.05) is 0 Å². The van der Waals surface area contributed by atoms with Crippen LogP contribution in [-0.2, 0) is 11.3 Å². The van der Waals surface area contributed by atoms with Gasteiger partial charge < -0.3 is 10.1 Å². The van der Waals surface area contributed by atoms with E-state index < -0.39 is 0 Å². The van der Waals surface area contributed by atoms with Crippen LogP contribution < -0.4 is 5.32 Å². The lowest BCUT2D eigenvalue weighted by Gasteiger charge is -2.35. The molecule has 0 bridgehead atoms. The molecule has 4 heteroatoms. The molecule has 0 aliphatic heterocycles. The number of rotatable bonds is 5. The molecule has 0 unspecified atom stereocenters. The van der Waals surface area contributed by atoms with Crippen LogP contribution in [0.2, 0.25) is 0 Å². The number of aromatic nitrogens is 1. The maximum absolute atomic E-state index is 8.73. The molecule has 90 valence electrons. The quantitative estimate of drug-likeness (QED) is 0.833. The Hall–Kier alpha value is -1.44. The Bertz CT molecular complexity index is 407. The standard InChI is InChI=1S/C13H17N3O/c1-15-8-11-5-13(6-11)17-9-10-2-3-16-12(4-10)7-14/h2-4,11,13,15H,5-6,8-9H2,1H3. The molecule has 1 heterocycles. The third-order valence-electron chi connectivity index (χ3n) is 3.11. The summed E-state index contributed by atoms with van der Waals surface area (Å²) in [4.78, 5) is 3.93. The molecule has 0 saturated heterocycles. The number of nitriles is 1. The van der Waals surface area contributed by atoms with Gasteiger partial charge in [0.25, 0.3) is 0 Å². The second-order valence-corrected chi connectivity index (χ2v) is 4.49. The molecule has 4 nitrogen and oxygen atoms in total. The molecule has 1 aromatic heterocycles. The van der Waals surface area contributed by atoms with Gasteiger partial charge >= 0.3 is 0 Å². The minimum Gasteiger partial charge on any atom is -0.374 e.